The zero-order chi connectivity index (χ0) is 15.7. The lowest BCUT2D eigenvalue weighted by molar-refractivity contribution is -0.134. The average molecular weight is 305 g/mol. The van der Waals surface area contributed by atoms with Gasteiger partial charge in [-0.15, -0.1) is 0 Å². The van der Waals surface area contributed by atoms with Crippen molar-refractivity contribution in [2.75, 3.05) is 7.11 Å². The Kier molecular flexibility index (Phi) is 7.44. The molecule has 0 heterocycles. The molecule has 3 heteroatoms. The first kappa shape index (κ1) is 17.7. The van der Waals surface area contributed by atoms with Crippen molar-refractivity contribution < 1.29 is 9.53 Å². The molecule has 0 amide bonds. The molecular weight excluding hydrogens is 276 g/mol. The van der Waals surface area contributed by atoms with Gasteiger partial charge in [0.2, 0.25) is 0 Å². The van der Waals surface area contributed by atoms with Crippen LogP contribution in [0, 0.1) is 0 Å². The van der Waals surface area contributed by atoms with Crippen LogP contribution < -0.4 is 5.19 Å². The van der Waals surface area contributed by atoms with E-state index in [2.05, 4.69) is 44.3 Å². The molecule has 0 atom stereocenters. The summed E-state index contributed by atoms with van der Waals surface area (Å²) in [6.07, 6.45) is 7.62. The summed E-state index contributed by atoms with van der Waals surface area (Å²) in [5, 5.41) is 2.66. The molecule has 0 bridgehead atoms. The maximum absolute atomic E-state index is 11.7. The van der Waals surface area contributed by atoms with E-state index in [0.717, 1.165) is 12.8 Å². The lowest BCUT2D eigenvalue weighted by Gasteiger charge is -2.27. The van der Waals surface area contributed by atoms with Gasteiger partial charge in [0.25, 0.3) is 0 Å². The molecule has 116 valence electrons. The number of carbonyl (C=O) groups is 1. The fourth-order valence-electron chi connectivity index (χ4n) is 2.55. The highest BCUT2D eigenvalue weighted by atomic mass is 28.3. The summed E-state index contributed by atoms with van der Waals surface area (Å²) in [6.45, 7) is 6.85. The second kappa shape index (κ2) is 8.83. The van der Waals surface area contributed by atoms with E-state index >= 15 is 0 Å². The molecule has 0 aliphatic rings. The molecule has 0 unspecified atom stereocenters. The van der Waals surface area contributed by atoms with E-state index < -0.39 is 8.07 Å². The van der Waals surface area contributed by atoms with Crippen molar-refractivity contribution in [2.24, 2.45) is 0 Å². The first-order valence-corrected chi connectivity index (χ1v) is 10.9. The monoisotopic (exact) mass is 304 g/mol. The molecule has 0 aliphatic carbocycles. The minimum absolute atomic E-state index is 0.225. The molecule has 1 rings (SSSR count). The van der Waals surface area contributed by atoms with Gasteiger partial charge in [-0.25, -0.2) is 4.79 Å². The third-order valence-electron chi connectivity index (χ3n) is 4.09. The van der Waals surface area contributed by atoms with E-state index in [0.29, 0.717) is 0 Å². The SMILES string of the molecule is CCCCCC/C(=C\C(=O)OC)[Si](C)(C)c1ccccc1. The smallest absolute Gasteiger partial charge is 0.330 e. The second-order valence-corrected chi connectivity index (χ2v) is 10.5. The Morgan fingerprint density at radius 2 is 1.81 bits per heavy atom. The summed E-state index contributed by atoms with van der Waals surface area (Å²) < 4.78 is 4.85. The fraction of sp³-hybridized carbons (Fsp3) is 0.500. The average Bonchev–Trinajstić information content (AvgIpc) is 2.50. The highest BCUT2D eigenvalue weighted by Gasteiger charge is 2.28. The van der Waals surface area contributed by atoms with Gasteiger partial charge in [-0.05, 0) is 12.8 Å². The number of ether oxygens (including phenoxy) is 1. The van der Waals surface area contributed by atoms with Crippen LogP contribution in [0.15, 0.2) is 41.6 Å². The highest BCUT2D eigenvalue weighted by Crippen LogP contribution is 2.22. The van der Waals surface area contributed by atoms with Crippen molar-refractivity contribution in [2.45, 2.75) is 52.1 Å². The number of hydrogen-bond acceptors (Lipinski definition) is 2. The number of unbranched alkanes of at least 4 members (excludes halogenated alkanes) is 3. The molecule has 0 radical (unpaired) electrons. The number of benzene rings is 1. The van der Waals surface area contributed by atoms with Crippen molar-refractivity contribution in [1.82, 2.24) is 0 Å². The van der Waals surface area contributed by atoms with Gasteiger partial charge < -0.3 is 4.74 Å². The largest absolute Gasteiger partial charge is 0.466 e. The number of allylic oxidation sites excluding steroid dienone is 1. The summed E-state index contributed by atoms with van der Waals surface area (Å²) in [7, 11) is -0.339. The van der Waals surface area contributed by atoms with Gasteiger partial charge in [0.05, 0.1) is 7.11 Å². The van der Waals surface area contributed by atoms with Crippen LogP contribution in [0.1, 0.15) is 39.0 Å². The molecule has 2 nitrogen and oxygen atoms in total. The normalized spacial score (nSPS) is 12.3. The Labute approximate surface area is 130 Å². The Balaban J connectivity index is 2.94. The maximum atomic E-state index is 11.7. The lowest BCUT2D eigenvalue weighted by Crippen LogP contribution is -2.44. The molecule has 0 spiro atoms. The first-order chi connectivity index (χ1) is 10.0. The van der Waals surface area contributed by atoms with Crippen LogP contribution in [-0.2, 0) is 9.53 Å². The summed E-state index contributed by atoms with van der Waals surface area (Å²) in [5.41, 5.74) is 0. The molecule has 0 aliphatic heterocycles. The maximum Gasteiger partial charge on any atom is 0.330 e. The van der Waals surface area contributed by atoms with Crippen LogP contribution in [-0.4, -0.2) is 21.2 Å². The summed E-state index contributed by atoms with van der Waals surface area (Å²) in [4.78, 5) is 11.7. The fourth-order valence-corrected chi connectivity index (χ4v) is 5.23. The Hall–Kier alpha value is -1.35. The van der Waals surface area contributed by atoms with Crippen LogP contribution in [0.2, 0.25) is 13.1 Å². The zero-order valence-corrected chi connectivity index (χ0v) is 14.8. The van der Waals surface area contributed by atoms with Gasteiger partial charge in [-0.2, -0.15) is 0 Å². The topological polar surface area (TPSA) is 26.3 Å². The summed E-state index contributed by atoms with van der Waals surface area (Å²) in [5.74, 6) is -0.225. The number of methoxy groups -OCH3 is 1. The second-order valence-electron chi connectivity index (χ2n) is 5.99. The number of hydrogen-bond donors (Lipinski definition) is 0. The first-order valence-electron chi connectivity index (χ1n) is 7.87. The Morgan fingerprint density at radius 1 is 1.14 bits per heavy atom. The minimum atomic E-state index is -1.79. The van der Waals surface area contributed by atoms with Gasteiger partial charge in [-0.3, -0.25) is 0 Å². The van der Waals surface area contributed by atoms with Crippen molar-refractivity contribution in [1.29, 1.82) is 0 Å². The van der Waals surface area contributed by atoms with Crippen LogP contribution in [0.25, 0.3) is 0 Å². The molecular formula is C18H28O2Si. The zero-order valence-electron chi connectivity index (χ0n) is 13.8. The van der Waals surface area contributed by atoms with E-state index in [1.165, 1.54) is 36.8 Å². The molecule has 1 aromatic rings. The predicted octanol–water partition coefficient (Wildman–Crippen LogP) is 4.21. The Morgan fingerprint density at radius 3 is 2.38 bits per heavy atom. The molecule has 0 aromatic heterocycles. The van der Waals surface area contributed by atoms with Crippen LogP contribution >= 0.6 is 0 Å². The summed E-state index contributed by atoms with van der Waals surface area (Å²) in [6, 6.07) is 10.6. The van der Waals surface area contributed by atoms with Gasteiger partial charge >= 0.3 is 5.97 Å². The van der Waals surface area contributed by atoms with Crippen molar-refractivity contribution in [3.8, 4) is 0 Å². The standard InChI is InChI=1S/C18H28O2Si/c1-5-6-7-9-14-17(15-18(19)20-2)21(3,4)16-12-10-8-11-13-16/h8,10-13,15H,5-7,9,14H2,1-4H3/b17-15+. The number of esters is 1. The van der Waals surface area contributed by atoms with Crippen LogP contribution in [0.4, 0.5) is 0 Å². The molecule has 1 aromatic carbocycles. The Bertz CT molecular complexity index is 463. The molecule has 0 N–H and O–H groups in total. The third-order valence-corrected chi connectivity index (χ3v) is 7.87. The highest BCUT2D eigenvalue weighted by molar-refractivity contribution is 6.95. The lowest BCUT2D eigenvalue weighted by atomic mass is 10.1. The predicted molar refractivity (Wildman–Crippen MR) is 92.4 cm³/mol. The minimum Gasteiger partial charge on any atom is -0.466 e. The van der Waals surface area contributed by atoms with Gasteiger partial charge in [0, 0.05) is 6.08 Å². The quantitative estimate of drug-likeness (QED) is 0.311. The summed E-state index contributed by atoms with van der Waals surface area (Å²) >= 11 is 0. The van der Waals surface area contributed by atoms with Gasteiger partial charge in [0.1, 0.15) is 8.07 Å². The van der Waals surface area contributed by atoms with Crippen molar-refractivity contribution in [3.63, 3.8) is 0 Å². The van der Waals surface area contributed by atoms with Crippen molar-refractivity contribution >= 4 is 19.2 Å². The van der Waals surface area contributed by atoms with Crippen LogP contribution in [0.5, 0.6) is 0 Å². The van der Waals surface area contributed by atoms with Gasteiger partial charge in [0.15, 0.2) is 0 Å². The third kappa shape index (κ3) is 5.50. The molecule has 0 fully saturated rings. The molecule has 0 saturated heterocycles. The molecule has 0 saturated carbocycles. The van der Waals surface area contributed by atoms with Crippen molar-refractivity contribution in [3.05, 3.63) is 41.6 Å². The van der Waals surface area contributed by atoms with Gasteiger partial charge in [-0.1, -0.05) is 80.0 Å². The molecule has 21 heavy (non-hydrogen) atoms. The van der Waals surface area contributed by atoms with E-state index in [1.54, 1.807) is 6.08 Å². The van der Waals surface area contributed by atoms with E-state index in [1.807, 2.05) is 6.07 Å². The number of carbonyl (C=O) groups excluding carboxylic acids is 1. The van der Waals surface area contributed by atoms with Crippen LogP contribution in [0.3, 0.4) is 0 Å². The van der Waals surface area contributed by atoms with E-state index in [4.69, 9.17) is 4.74 Å². The number of rotatable bonds is 8. The van der Waals surface area contributed by atoms with E-state index in [-0.39, 0.29) is 5.97 Å². The van der Waals surface area contributed by atoms with E-state index in [9.17, 15) is 4.79 Å².